The number of fused-ring (bicyclic) bond motifs is 4. The lowest BCUT2D eigenvalue weighted by molar-refractivity contribution is -0.135. The quantitative estimate of drug-likeness (QED) is 0.744. The maximum atomic E-state index is 12.5. The Morgan fingerprint density at radius 3 is 2.75 bits per heavy atom. The summed E-state index contributed by atoms with van der Waals surface area (Å²) in [6.45, 7) is 2.59. The number of piperazine rings is 1. The standard InChI is InChI=1S/C15H16Cl2N2O/c16-15(17)8-12(15)14(20)19-6-5-18-9-11(19)7-10-3-1-2-4-13(10)18/h1-4,11-12H,5-9H2. The molecule has 106 valence electrons. The maximum absolute atomic E-state index is 12.5. The third-order valence-electron chi connectivity index (χ3n) is 4.68. The summed E-state index contributed by atoms with van der Waals surface area (Å²) in [7, 11) is 0. The van der Waals surface area contributed by atoms with Crippen molar-refractivity contribution in [3.8, 4) is 0 Å². The number of para-hydroxylation sites is 1. The van der Waals surface area contributed by atoms with Crippen molar-refractivity contribution in [1.29, 1.82) is 0 Å². The van der Waals surface area contributed by atoms with Crippen LogP contribution in [0, 0.1) is 5.92 Å². The fraction of sp³-hybridized carbons (Fsp3) is 0.533. The SMILES string of the molecule is O=C(C1CC1(Cl)Cl)N1CCN2CC1Cc1ccccc12. The minimum Gasteiger partial charge on any atom is -0.367 e. The van der Waals surface area contributed by atoms with Gasteiger partial charge in [0.1, 0.15) is 4.33 Å². The second-order valence-corrected chi connectivity index (χ2v) is 7.52. The van der Waals surface area contributed by atoms with Crippen LogP contribution in [0.4, 0.5) is 5.69 Å². The molecule has 2 unspecified atom stereocenters. The number of anilines is 1. The lowest BCUT2D eigenvalue weighted by Crippen LogP contribution is -2.59. The zero-order valence-corrected chi connectivity index (χ0v) is 12.6. The van der Waals surface area contributed by atoms with E-state index in [1.807, 2.05) is 4.90 Å². The number of amides is 1. The van der Waals surface area contributed by atoms with Crippen molar-refractivity contribution >= 4 is 34.8 Å². The highest BCUT2D eigenvalue weighted by atomic mass is 35.5. The van der Waals surface area contributed by atoms with E-state index in [9.17, 15) is 4.79 Å². The molecular weight excluding hydrogens is 295 g/mol. The summed E-state index contributed by atoms with van der Waals surface area (Å²) in [5, 5.41) is 0. The Morgan fingerprint density at radius 1 is 1.25 bits per heavy atom. The Bertz CT molecular complexity index is 575. The number of carbonyl (C=O) groups is 1. The molecule has 1 saturated carbocycles. The van der Waals surface area contributed by atoms with E-state index in [0.29, 0.717) is 6.42 Å². The predicted octanol–water partition coefficient (Wildman–Crippen LogP) is 2.45. The van der Waals surface area contributed by atoms with E-state index in [-0.39, 0.29) is 17.9 Å². The summed E-state index contributed by atoms with van der Waals surface area (Å²) in [4.78, 5) is 16.9. The van der Waals surface area contributed by atoms with Crippen LogP contribution in [0.5, 0.6) is 0 Å². The second kappa shape index (κ2) is 4.28. The van der Waals surface area contributed by atoms with Gasteiger partial charge in [0, 0.05) is 25.3 Å². The number of nitrogens with zero attached hydrogens (tertiary/aromatic N) is 2. The third kappa shape index (κ3) is 1.91. The van der Waals surface area contributed by atoms with Crippen molar-refractivity contribution in [3.63, 3.8) is 0 Å². The summed E-state index contributed by atoms with van der Waals surface area (Å²) in [6, 6.07) is 8.74. The van der Waals surface area contributed by atoms with Gasteiger partial charge in [-0.05, 0) is 24.5 Å². The molecule has 0 radical (unpaired) electrons. The van der Waals surface area contributed by atoms with Crippen molar-refractivity contribution in [1.82, 2.24) is 4.90 Å². The molecule has 20 heavy (non-hydrogen) atoms. The Balaban J connectivity index is 1.58. The predicted molar refractivity (Wildman–Crippen MR) is 80.4 cm³/mol. The largest absolute Gasteiger partial charge is 0.367 e. The molecule has 1 amide bonds. The molecular formula is C15H16Cl2N2O. The molecule has 2 fully saturated rings. The fourth-order valence-corrected chi connectivity index (χ4v) is 3.96. The number of carbonyl (C=O) groups excluding carboxylic acids is 1. The molecule has 5 heteroatoms. The first kappa shape index (κ1) is 12.8. The van der Waals surface area contributed by atoms with E-state index in [1.54, 1.807) is 0 Å². The highest BCUT2D eigenvalue weighted by Gasteiger charge is 2.58. The van der Waals surface area contributed by atoms with Crippen molar-refractivity contribution in [2.45, 2.75) is 23.2 Å². The van der Waals surface area contributed by atoms with Gasteiger partial charge >= 0.3 is 0 Å². The van der Waals surface area contributed by atoms with Gasteiger partial charge < -0.3 is 9.80 Å². The highest BCUT2D eigenvalue weighted by Crippen LogP contribution is 2.54. The van der Waals surface area contributed by atoms with Gasteiger partial charge in [0.25, 0.3) is 0 Å². The lowest BCUT2D eigenvalue weighted by atomic mass is 9.94. The Labute approximate surface area is 128 Å². The summed E-state index contributed by atoms with van der Waals surface area (Å²) in [5.41, 5.74) is 2.66. The van der Waals surface area contributed by atoms with Crippen LogP contribution >= 0.6 is 23.2 Å². The minimum absolute atomic E-state index is 0.138. The van der Waals surface area contributed by atoms with Crippen LogP contribution in [0.3, 0.4) is 0 Å². The average molecular weight is 311 g/mol. The lowest BCUT2D eigenvalue weighted by Gasteiger charge is -2.47. The van der Waals surface area contributed by atoms with E-state index in [1.165, 1.54) is 11.3 Å². The van der Waals surface area contributed by atoms with Crippen LogP contribution in [0.15, 0.2) is 24.3 Å². The number of benzene rings is 1. The number of hydrogen-bond acceptors (Lipinski definition) is 2. The topological polar surface area (TPSA) is 23.6 Å². The van der Waals surface area contributed by atoms with Crippen LogP contribution in [-0.2, 0) is 11.2 Å². The molecule has 0 N–H and O–H groups in total. The van der Waals surface area contributed by atoms with Gasteiger partial charge in [-0.2, -0.15) is 0 Å². The Kier molecular flexibility index (Phi) is 2.74. The maximum Gasteiger partial charge on any atom is 0.229 e. The molecule has 2 bridgehead atoms. The Hall–Kier alpha value is -0.930. The van der Waals surface area contributed by atoms with Crippen LogP contribution in [-0.4, -0.2) is 40.8 Å². The van der Waals surface area contributed by atoms with Gasteiger partial charge in [0.05, 0.1) is 12.0 Å². The van der Waals surface area contributed by atoms with Crippen molar-refractivity contribution in [2.75, 3.05) is 24.5 Å². The summed E-state index contributed by atoms with van der Waals surface area (Å²) in [6.07, 6.45) is 1.53. The van der Waals surface area contributed by atoms with E-state index < -0.39 is 4.33 Å². The average Bonchev–Trinajstić information content (AvgIpc) is 3.07. The van der Waals surface area contributed by atoms with Crippen LogP contribution in [0.1, 0.15) is 12.0 Å². The van der Waals surface area contributed by atoms with Gasteiger partial charge in [0.2, 0.25) is 5.91 Å². The molecule has 2 heterocycles. The van der Waals surface area contributed by atoms with Crippen LogP contribution in [0.2, 0.25) is 0 Å². The summed E-state index contributed by atoms with van der Waals surface area (Å²) >= 11 is 12.1. The molecule has 1 aromatic carbocycles. The molecule has 1 aliphatic carbocycles. The smallest absolute Gasteiger partial charge is 0.229 e. The molecule has 4 rings (SSSR count). The third-order valence-corrected chi connectivity index (χ3v) is 5.51. The molecule has 2 aliphatic heterocycles. The molecule has 1 aromatic rings. The van der Waals surface area contributed by atoms with Crippen LogP contribution in [0.25, 0.3) is 0 Å². The van der Waals surface area contributed by atoms with Crippen molar-refractivity contribution in [3.05, 3.63) is 29.8 Å². The van der Waals surface area contributed by atoms with Gasteiger partial charge in [-0.15, -0.1) is 23.2 Å². The molecule has 3 aliphatic rings. The van der Waals surface area contributed by atoms with Crippen molar-refractivity contribution in [2.24, 2.45) is 5.92 Å². The monoisotopic (exact) mass is 310 g/mol. The minimum atomic E-state index is -0.819. The zero-order chi connectivity index (χ0) is 13.9. The normalized spacial score (nSPS) is 29.9. The molecule has 1 saturated heterocycles. The van der Waals surface area contributed by atoms with E-state index in [4.69, 9.17) is 23.2 Å². The molecule has 0 spiro atoms. The second-order valence-electron chi connectivity index (χ2n) is 5.98. The Morgan fingerprint density at radius 2 is 2.00 bits per heavy atom. The summed E-state index contributed by atoms with van der Waals surface area (Å²) in [5.74, 6) is -0.0615. The number of alkyl halides is 2. The number of rotatable bonds is 1. The molecule has 0 aromatic heterocycles. The highest BCUT2D eigenvalue weighted by molar-refractivity contribution is 6.52. The van der Waals surface area contributed by atoms with E-state index >= 15 is 0 Å². The van der Waals surface area contributed by atoms with Crippen molar-refractivity contribution < 1.29 is 4.79 Å². The van der Waals surface area contributed by atoms with E-state index in [2.05, 4.69) is 29.2 Å². The number of hydrogen-bond donors (Lipinski definition) is 0. The molecule has 3 nitrogen and oxygen atoms in total. The van der Waals surface area contributed by atoms with Crippen LogP contribution < -0.4 is 4.90 Å². The van der Waals surface area contributed by atoms with Gasteiger partial charge in [0.15, 0.2) is 0 Å². The van der Waals surface area contributed by atoms with Gasteiger partial charge in [-0.1, -0.05) is 18.2 Å². The first-order chi connectivity index (χ1) is 9.56. The van der Waals surface area contributed by atoms with Gasteiger partial charge in [-0.25, -0.2) is 0 Å². The summed E-state index contributed by atoms with van der Waals surface area (Å²) < 4.78 is -0.819. The van der Waals surface area contributed by atoms with E-state index in [0.717, 1.165) is 26.1 Å². The number of halogens is 2. The fourth-order valence-electron chi connectivity index (χ4n) is 3.47. The molecule has 2 atom stereocenters. The first-order valence-corrected chi connectivity index (χ1v) is 7.83. The first-order valence-electron chi connectivity index (χ1n) is 7.07. The zero-order valence-electron chi connectivity index (χ0n) is 11.1. The van der Waals surface area contributed by atoms with Gasteiger partial charge in [-0.3, -0.25) is 4.79 Å².